The molecule has 0 aliphatic carbocycles. The summed E-state index contributed by atoms with van der Waals surface area (Å²) in [6, 6.07) is 4.51. The maximum atomic E-state index is 12.9. The van der Waals surface area contributed by atoms with E-state index in [2.05, 4.69) is 5.32 Å². The van der Waals surface area contributed by atoms with Crippen LogP contribution in [0.25, 0.3) is 0 Å². The number of nitrogens with one attached hydrogen (secondary N) is 1. The lowest BCUT2D eigenvalue weighted by atomic mass is 10.0. The predicted molar refractivity (Wildman–Crippen MR) is 129 cm³/mol. The molecule has 36 heavy (non-hydrogen) atoms. The number of nitrogens with zero attached hydrogens (tertiary/aromatic N) is 2. The first kappa shape index (κ1) is 28.3. The van der Waals surface area contributed by atoms with Crippen LogP contribution in [0.2, 0.25) is 0 Å². The number of halogens is 3. The lowest BCUT2D eigenvalue weighted by Gasteiger charge is -2.49. The number of rotatable bonds is 10. The Morgan fingerprint density at radius 2 is 1.92 bits per heavy atom. The van der Waals surface area contributed by atoms with Gasteiger partial charge in [0.2, 0.25) is 3.79 Å². The van der Waals surface area contributed by atoms with Crippen molar-refractivity contribution in [1.29, 1.82) is 0 Å². The van der Waals surface area contributed by atoms with Crippen LogP contribution in [0.3, 0.4) is 0 Å². The number of β-lactam (4-membered cyclic amide) rings is 1. The van der Waals surface area contributed by atoms with Gasteiger partial charge in [-0.15, -0.1) is 11.8 Å². The number of nitro benzene ring substituents is 1. The number of carbonyl (C=O) groups excluding carboxylic acids is 3. The molecule has 0 spiro atoms. The topological polar surface area (TPSA) is 147 Å². The number of hydrogen-bond donors (Lipinski definition) is 1. The molecule has 0 saturated carbocycles. The molecular formula is C20H20Cl3N3O9S. The molecule has 1 fully saturated rings. The number of non-ortho nitro benzene ring substituents is 1. The van der Waals surface area contributed by atoms with Gasteiger partial charge in [-0.1, -0.05) is 34.8 Å². The quantitative estimate of drug-likeness (QED) is 0.0828. The molecule has 12 nitrogen and oxygen atoms in total. The first-order valence-corrected chi connectivity index (χ1v) is 12.3. The smallest absolute Gasteiger partial charge is 0.408 e. The van der Waals surface area contributed by atoms with Gasteiger partial charge >= 0.3 is 12.1 Å². The van der Waals surface area contributed by atoms with E-state index in [9.17, 15) is 24.5 Å². The maximum Gasteiger partial charge on any atom is 0.408 e. The van der Waals surface area contributed by atoms with E-state index < -0.39 is 44.7 Å². The van der Waals surface area contributed by atoms with E-state index >= 15 is 0 Å². The molecule has 1 aromatic carbocycles. The van der Waals surface area contributed by atoms with Crippen LogP contribution in [-0.4, -0.2) is 75.9 Å². The number of carbonyl (C=O) groups is 3. The fraction of sp³-hybridized carbons (Fsp3) is 0.450. The summed E-state index contributed by atoms with van der Waals surface area (Å²) in [5, 5.41) is 12.6. The number of alkyl halides is 3. The number of alkyl carbamates (subject to hydrolysis) is 1. The summed E-state index contributed by atoms with van der Waals surface area (Å²) in [6.07, 6.45) is -0.870. The SMILES string of the molecule is COCOCC1=C(C(=O)OCC(Cl)(Cl)Cl)N2C(=O)C(NC(=O)OCc3ccc([N+](=O)[O-])cc3)[C@H]2SC1. The van der Waals surface area contributed by atoms with Crippen molar-refractivity contribution in [2.24, 2.45) is 0 Å². The number of esters is 1. The summed E-state index contributed by atoms with van der Waals surface area (Å²) in [6.45, 7) is -0.748. The minimum atomic E-state index is -1.85. The van der Waals surface area contributed by atoms with E-state index in [1.807, 2.05) is 0 Å². The number of methoxy groups -OCH3 is 1. The highest BCUT2D eigenvalue weighted by Gasteiger charge is 2.54. The number of benzene rings is 1. The molecule has 2 heterocycles. The number of thioether (sulfide) groups is 1. The van der Waals surface area contributed by atoms with Gasteiger partial charge < -0.3 is 24.3 Å². The Labute approximate surface area is 224 Å². The maximum absolute atomic E-state index is 12.9. The van der Waals surface area contributed by atoms with Gasteiger partial charge in [0, 0.05) is 25.0 Å². The van der Waals surface area contributed by atoms with Crippen LogP contribution < -0.4 is 5.32 Å². The molecule has 1 unspecified atom stereocenters. The first-order chi connectivity index (χ1) is 17.0. The Balaban J connectivity index is 1.63. The Bertz CT molecular complexity index is 1050. The summed E-state index contributed by atoms with van der Waals surface area (Å²) < 4.78 is 18.5. The molecule has 2 atom stereocenters. The number of nitro groups is 1. The Morgan fingerprint density at radius 1 is 1.22 bits per heavy atom. The van der Waals surface area contributed by atoms with Gasteiger partial charge in [-0.25, -0.2) is 9.59 Å². The zero-order chi connectivity index (χ0) is 26.5. The number of hydrogen-bond acceptors (Lipinski definition) is 10. The molecule has 196 valence electrons. The average Bonchev–Trinajstić information content (AvgIpc) is 2.84. The van der Waals surface area contributed by atoms with E-state index in [1.54, 1.807) is 0 Å². The lowest BCUT2D eigenvalue weighted by Crippen LogP contribution is -2.70. The molecule has 16 heteroatoms. The second kappa shape index (κ2) is 12.3. The third-order valence-corrected chi connectivity index (χ3v) is 6.54. The molecule has 2 aliphatic rings. The minimum Gasteiger partial charge on any atom is -0.456 e. The van der Waals surface area contributed by atoms with Crippen molar-refractivity contribution in [3.05, 3.63) is 51.2 Å². The highest BCUT2D eigenvalue weighted by Crippen LogP contribution is 2.41. The molecule has 2 aliphatic heterocycles. The van der Waals surface area contributed by atoms with E-state index in [-0.39, 0.29) is 31.4 Å². The highest BCUT2D eigenvalue weighted by molar-refractivity contribution is 8.00. The van der Waals surface area contributed by atoms with Crippen LogP contribution in [0.4, 0.5) is 10.5 Å². The van der Waals surface area contributed by atoms with Gasteiger partial charge in [0.15, 0.2) is 0 Å². The largest absolute Gasteiger partial charge is 0.456 e. The molecular weight excluding hydrogens is 565 g/mol. The van der Waals surface area contributed by atoms with Crippen molar-refractivity contribution in [2.75, 3.05) is 32.9 Å². The van der Waals surface area contributed by atoms with Crippen molar-refractivity contribution in [1.82, 2.24) is 10.2 Å². The van der Waals surface area contributed by atoms with E-state index in [0.717, 1.165) is 0 Å². The summed E-state index contributed by atoms with van der Waals surface area (Å²) in [4.78, 5) is 49.3. The normalized spacial score (nSPS) is 19.3. The fourth-order valence-electron chi connectivity index (χ4n) is 3.28. The molecule has 1 aromatic rings. The predicted octanol–water partition coefficient (Wildman–Crippen LogP) is 2.89. The van der Waals surface area contributed by atoms with Crippen molar-refractivity contribution < 1.29 is 38.3 Å². The third-order valence-electron chi connectivity index (χ3n) is 4.88. The summed E-state index contributed by atoms with van der Waals surface area (Å²) >= 11 is 18.3. The zero-order valence-electron chi connectivity index (χ0n) is 18.6. The van der Waals surface area contributed by atoms with Gasteiger partial charge in [0.05, 0.1) is 11.5 Å². The van der Waals surface area contributed by atoms with Crippen LogP contribution in [0.15, 0.2) is 35.5 Å². The van der Waals surface area contributed by atoms with Crippen LogP contribution in [0.5, 0.6) is 0 Å². The van der Waals surface area contributed by atoms with Crippen molar-refractivity contribution in [3.8, 4) is 0 Å². The van der Waals surface area contributed by atoms with E-state index in [4.69, 9.17) is 53.8 Å². The number of ether oxygens (including phenoxy) is 4. The summed E-state index contributed by atoms with van der Waals surface area (Å²) in [5.74, 6) is -1.15. The van der Waals surface area contributed by atoms with Crippen LogP contribution in [0.1, 0.15) is 5.56 Å². The summed E-state index contributed by atoms with van der Waals surface area (Å²) in [5.41, 5.74) is 0.842. The first-order valence-electron chi connectivity index (χ1n) is 10.2. The van der Waals surface area contributed by atoms with Crippen molar-refractivity contribution >= 4 is 70.2 Å². The molecule has 1 N–H and O–H groups in total. The Morgan fingerprint density at radius 3 is 2.53 bits per heavy atom. The number of amides is 2. The van der Waals surface area contributed by atoms with E-state index in [0.29, 0.717) is 16.9 Å². The van der Waals surface area contributed by atoms with Gasteiger partial charge in [0.1, 0.15) is 37.1 Å². The zero-order valence-corrected chi connectivity index (χ0v) is 21.7. The van der Waals surface area contributed by atoms with Gasteiger partial charge in [-0.05, 0) is 23.3 Å². The molecule has 0 radical (unpaired) electrons. The fourth-order valence-corrected chi connectivity index (χ4v) is 4.77. The Hall–Kier alpha value is -2.29. The molecule has 3 rings (SSSR count). The monoisotopic (exact) mass is 583 g/mol. The second-order valence-electron chi connectivity index (χ2n) is 7.43. The van der Waals surface area contributed by atoms with Crippen LogP contribution in [-0.2, 0) is 35.1 Å². The average molecular weight is 585 g/mol. The minimum absolute atomic E-state index is 0.00901. The Kier molecular flexibility index (Phi) is 9.66. The van der Waals surface area contributed by atoms with Gasteiger partial charge in [0.25, 0.3) is 11.6 Å². The second-order valence-corrected chi connectivity index (χ2v) is 11.1. The third kappa shape index (κ3) is 7.14. The highest BCUT2D eigenvalue weighted by atomic mass is 35.6. The van der Waals surface area contributed by atoms with Crippen LogP contribution >= 0.6 is 46.6 Å². The standard InChI is InChI=1S/C20H20Cl3N3O9S/c1-32-10-33-7-12-8-36-17-14(16(27)25(17)15(12)18(28)35-9-20(21,22)23)24-19(29)34-6-11-2-4-13(5-3-11)26(30)31/h2-5,14,17H,6-10H2,1H3,(H,24,29)/t14?,17-/m1/s1. The molecule has 1 saturated heterocycles. The van der Waals surface area contributed by atoms with Gasteiger partial charge in [-0.3, -0.25) is 19.8 Å². The van der Waals surface area contributed by atoms with E-state index in [1.165, 1.54) is 48.0 Å². The van der Waals surface area contributed by atoms with Gasteiger partial charge in [-0.2, -0.15) is 0 Å². The van der Waals surface area contributed by atoms with Crippen molar-refractivity contribution in [2.45, 2.75) is 21.8 Å². The molecule has 0 bridgehead atoms. The van der Waals surface area contributed by atoms with Crippen LogP contribution in [0, 0.1) is 10.1 Å². The molecule has 2 amide bonds. The number of fused-ring (bicyclic) bond motifs is 1. The molecule has 0 aromatic heterocycles. The summed E-state index contributed by atoms with van der Waals surface area (Å²) in [7, 11) is 1.44. The lowest BCUT2D eigenvalue weighted by molar-refractivity contribution is -0.384. The van der Waals surface area contributed by atoms with Crippen molar-refractivity contribution in [3.63, 3.8) is 0 Å².